The molecule has 9 atom stereocenters. The Hall–Kier alpha value is -1.47. The van der Waals surface area contributed by atoms with Crippen molar-refractivity contribution in [2.24, 2.45) is 56.2 Å². The number of carbonyl (C=O) groups is 2. The molecule has 5 aliphatic carbocycles. The van der Waals surface area contributed by atoms with Crippen molar-refractivity contribution in [3.63, 3.8) is 0 Å². The number of allylic oxidation sites excluding steroid dienone is 2. The molecule has 4 heteroatoms. The van der Waals surface area contributed by atoms with Gasteiger partial charge >= 0.3 is 0 Å². The van der Waals surface area contributed by atoms with E-state index >= 15 is 0 Å². The lowest BCUT2D eigenvalue weighted by Gasteiger charge is -2.72. The van der Waals surface area contributed by atoms with E-state index in [-0.39, 0.29) is 50.6 Å². The Bertz CT molecular complexity index is 1110. The van der Waals surface area contributed by atoms with E-state index in [1.807, 2.05) is 19.9 Å². The van der Waals surface area contributed by atoms with E-state index in [0.717, 1.165) is 32.3 Å². The summed E-state index contributed by atoms with van der Waals surface area (Å²) in [5.74, 6) is 1.26. The molecule has 1 aliphatic heterocycles. The van der Waals surface area contributed by atoms with Gasteiger partial charge in [0.15, 0.2) is 5.78 Å². The molecule has 0 aromatic rings. The van der Waals surface area contributed by atoms with Crippen LogP contribution in [0.5, 0.6) is 0 Å². The Morgan fingerprint density at radius 3 is 2.22 bits per heavy atom. The van der Waals surface area contributed by atoms with E-state index in [1.165, 1.54) is 19.3 Å². The Morgan fingerprint density at radius 1 is 0.917 bits per heavy atom. The number of nitriles is 1. The number of carbonyl (C=O) groups excluding carboxylic acids is 2. The first-order valence-electron chi connectivity index (χ1n) is 14.5. The van der Waals surface area contributed by atoms with Gasteiger partial charge in [0, 0.05) is 23.2 Å². The second kappa shape index (κ2) is 7.13. The quantitative estimate of drug-likeness (QED) is 0.383. The summed E-state index contributed by atoms with van der Waals surface area (Å²) in [4.78, 5) is 27.7. The van der Waals surface area contributed by atoms with E-state index in [9.17, 15) is 14.9 Å². The summed E-state index contributed by atoms with van der Waals surface area (Å²) in [6, 6.07) is 2.24. The number of ketones is 2. The minimum absolute atomic E-state index is 0.00250. The number of nitrogens with zero attached hydrogens (tertiary/aromatic N) is 1. The number of rotatable bonds is 1. The predicted molar refractivity (Wildman–Crippen MR) is 139 cm³/mol. The summed E-state index contributed by atoms with van der Waals surface area (Å²) >= 11 is 0. The van der Waals surface area contributed by atoms with Gasteiger partial charge in [-0.25, -0.2) is 0 Å². The fourth-order valence-electron chi connectivity index (χ4n) is 11.3. The first-order chi connectivity index (χ1) is 16.7. The minimum Gasteiger partial charge on any atom is -0.373 e. The molecular weight excluding hydrogens is 446 g/mol. The Morgan fingerprint density at radius 2 is 1.58 bits per heavy atom. The van der Waals surface area contributed by atoms with Crippen molar-refractivity contribution in [2.75, 3.05) is 6.61 Å². The van der Waals surface area contributed by atoms with Gasteiger partial charge in [-0.1, -0.05) is 54.5 Å². The highest BCUT2D eigenvalue weighted by atomic mass is 16.6. The fraction of sp³-hybridized carbons (Fsp3) is 0.844. The molecule has 0 aromatic carbocycles. The molecule has 1 heterocycles. The number of ether oxygens (including phenoxy) is 1. The molecule has 36 heavy (non-hydrogen) atoms. The molecule has 2 unspecified atom stereocenters. The molecule has 0 radical (unpaired) electrons. The van der Waals surface area contributed by atoms with Gasteiger partial charge in [-0.3, -0.25) is 9.59 Å². The lowest BCUT2D eigenvalue weighted by atomic mass is 9.31. The zero-order valence-corrected chi connectivity index (χ0v) is 23.5. The van der Waals surface area contributed by atoms with E-state index in [1.54, 1.807) is 0 Å². The smallest absolute Gasteiger partial charge is 0.178 e. The predicted octanol–water partition coefficient (Wildman–Crippen LogP) is 6.68. The average molecular weight is 492 g/mol. The molecule has 4 saturated carbocycles. The van der Waals surface area contributed by atoms with Gasteiger partial charge in [0.2, 0.25) is 0 Å². The van der Waals surface area contributed by atoms with Crippen LogP contribution in [-0.2, 0) is 14.3 Å². The van der Waals surface area contributed by atoms with Crippen LogP contribution in [0.3, 0.4) is 0 Å². The summed E-state index contributed by atoms with van der Waals surface area (Å²) in [5, 5.41) is 9.90. The fourth-order valence-corrected chi connectivity index (χ4v) is 11.3. The zero-order chi connectivity index (χ0) is 26.1. The van der Waals surface area contributed by atoms with Crippen LogP contribution in [-0.4, -0.2) is 24.3 Å². The summed E-state index contributed by atoms with van der Waals surface area (Å²) in [6.07, 6.45) is 10.8. The minimum atomic E-state index is -0.574. The maximum absolute atomic E-state index is 14.5. The molecule has 0 amide bonds. The summed E-state index contributed by atoms with van der Waals surface area (Å²) < 4.78 is 6.02. The van der Waals surface area contributed by atoms with Gasteiger partial charge in [0.25, 0.3) is 0 Å². The van der Waals surface area contributed by atoms with Gasteiger partial charge in [0.05, 0.1) is 18.3 Å². The van der Waals surface area contributed by atoms with Crippen molar-refractivity contribution < 1.29 is 14.3 Å². The first-order valence-corrected chi connectivity index (χ1v) is 14.5. The van der Waals surface area contributed by atoms with Crippen LogP contribution in [0, 0.1) is 67.5 Å². The summed E-state index contributed by atoms with van der Waals surface area (Å²) in [7, 11) is 0. The number of epoxide rings is 1. The Balaban J connectivity index is 1.47. The summed E-state index contributed by atoms with van der Waals surface area (Å²) in [6.45, 7) is 17.0. The third kappa shape index (κ3) is 2.85. The largest absolute Gasteiger partial charge is 0.373 e. The van der Waals surface area contributed by atoms with Crippen LogP contribution in [0.2, 0.25) is 0 Å². The van der Waals surface area contributed by atoms with Crippen molar-refractivity contribution in [3.8, 4) is 6.07 Å². The van der Waals surface area contributed by atoms with Crippen molar-refractivity contribution in [2.45, 2.75) is 106 Å². The van der Waals surface area contributed by atoms with Crippen molar-refractivity contribution in [1.82, 2.24) is 0 Å². The number of hydrogen-bond acceptors (Lipinski definition) is 4. The normalized spacial score (nSPS) is 52.6. The maximum Gasteiger partial charge on any atom is 0.178 e. The van der Waals surface area contributed by atoms with Crippen LogP contribution >= 0.6 is 0 Å². The van der Waals surface area contributed by atoms with E-state index in [4.69, 9.17) is 4.74 Å². The van der Waals surface area contributed by atoms with Crippen LogP contribution in [0.25, 0.3) is 0 Å². The van der Waals surface area contributed by atoms with E-state index in [0.29, 0.717) is 29.8 Å². The van der Waals surface area contributed by atoms with Crippen LogP contribution in [0.4, 0.5) is 0 Å². The second-order valence-electron chi connectivity index (χ2n) is 15.7. The van der Waals surface area contributed by atoms with Gasteiger partial charge in [-0.05, 0) is 84.4 Å². The number of Topliss-reactive ketones (excluding diaryl/α,β-unsaturated/α-hetero) is 2. The lowest BCUT2D eigenvalue weighted by Crippen LogP contribution is -2.69. The third-order valence-corrected chi connectivity index (χ3v) is 13.5. The van der Waals surface area contributed by atoms with Crippen LogP contribution in [0.1, 0.15) is 99.8 Å². The molecule has 4 nitrogen and oxygen atoms in total. The molecule has 5 fully saturated rings. The molecule has 6 rings (SSSR count). The average Bonchev–Trinajstić information content (AvgIpc) is 3.63. The molecule has 0 spiro atoms. The van der Waals surface area contributed by atoms with E-state index < -0.39 is 5.41 Å². The number of fused-ring (bicyclic) bond motifs is 7. The molecule has 0 aromatic heterocycles. The molecule has 0 bridgehead atoms. The zero-order valence-electron chi connectivity index (χ0n) is 23.5. The highest BCUT2D eigenvalue weighted by Crippen LogP contribution is 2.76. The first kappa shape index (κ1) is 24.8. The van der Waals surface area contributed by atoms with Crippen molar-refractivity contribution in [1.29, 1.82) is 5.26 Å². The highest BCUT2D eigenvalue weighted by Gasteiger charge is 2.73. The highest BCUT2D eigenvalue weighted by molar-refractivity contribution is 6.04. The molecule has 196 valence electrons. The molecule has 0 N–H and O–H groups in total. The SMILES string of the molecule is CC1(C)CC[C@]2(C3CO3)CC[C@]3(C)C(C(=O)C[C@@H]4[C@@]5(C)C=C(C#N)C(=O)C(C)(C)[C@@H]5CC[C@]43C)[C@H]2C1. The molecular formula is C32H45NO3. The molecule has 1 saturated heterocycles. The van der Waals surface area contributed by atoms with Gasteiger partial charge < -0.3 is 4.74 Å². The third-order valence-electron chi connectivity index (χ3n) is 13.5. The summed E-state index contributed by atoms with van der Waals surface area (Å²) in [5.41, 5.74) is -0.209. The van der Waals surface area contributed by atoms with Crippen LogP contribution < -0.4 is 0 Å². The lowest BCUT2D eigenvalue weighted by molar-refractivity contribution is -0.224. The maximum atomic E-state index is 14.5. The Kier molecular flexibility index (Phi) is 4.92. The van der Waals surface area contributed by atoms with Gasteiger partial charge in [-0.15, -0.1) is 0 Å². The number of hydrogen-bond donors (Lipinski definition) is 0. The van der Waals surface area contributed by atoms with E-state index in [2.05, 4.69) is 40.7 Å². The topological polar surface area (TPSA) is 70.5 Å². The van der Waals surface area contributed by atoms with Crippen molar-refractivity contribution in [3.05, 3.63) is 11.6 Å². The van der Waals surface area contributed by atoms with Gasteiger partial charge in [-0.2, -0.15) is 5.26 Å². The van der Waals surface area contributed by atoms with Crippen molar-refractivity contribution >= 4 is 11.6 Å². The Labute approximate surface area is 217 Å². The second-order valence-corrected chi connectivity index (χ2v) is 15.7. The van der Waals surface area contributed by atoms with Crippen LogP contribution in [0.15, 0.2) is 11.6 Å². The monoisotopic (exact) mass is 491 g/mol. The standard InChI is InChI=1S/C32H45NO3/c1-27(2)10-12-32(24-18-36-24)13-11-31(7)25(20(32)16-27)21(34)14-23-29(5)15-19(17-33)26(35)28(3,4)22(29)8-9-30(23,31)6/h15,20,22-25H,8-14,16,18H2,1-7H3/t20-,22+,23-,24?,25?,29+,30-,31-,32+/m1/s1. The molecule has 6 aliphatic rings. The van der Waals surface area contributed by atoms with Gasteiger partial charge in [0.1, 0.15) is 11.9 Å².